The smallest absolute Gasteiger partial charge is 0.243 e. The molecule has 0 atom stereocenters. The topological polar surface area (TPSA) is 78.9 Å². The number of ether oxygens (including phenoxy) is 1. The Bertz CT molecular complexity index is 860. The van der Waals surface area contributed by atoms with Gasteiger partial charge in [-0.05, 0) is 48.2 Å². The number of rotatable bonds is 7. The number of piperidine rings is 1. The summed E-state index contributed by atoms with van der Waals surface area (Å²) in [5, 5.41) is 13.1. The molecule has 1 saturated heterocycles. The van der Waals surface area contributed by atoms with Crippen molar-refractivity contribution in [3.63, 3.8) is 0 Å². The van der Waals surface area contributed by atoms with E-state index < -0.39 is 10.0 Å². The highest BCUT2D eigenvalue weighted by molar-refractivity contribution is 7.89. The summed E-state index contributed by atoms with van der Waals surface area (Å²) >= 11 is 0. The van der Waals surface area contributed by atoms with Gasteiger partial charge < -0.3 is 15.2 Å². The van der Waals surface area contributed by atoms with Gasteiger partial charge in [0.25, 0.3) is 0 Å². The Morgan fingerprint density at radius 2 is 1.63 bits per heavy atom. The summed E-state index contributed by atoms with van der Waals surface area (Å²) in [5.41, 5.74) is 1.95. The van der Waals surface area contributed by atoms with Crippen LogP contribution in [0.3, 0.4) is 0 Å². The Labute approximate surface area is 160 Å². The van der Waals surface area contributed by atoms with Gasteiger partial charge in [-0.2, -0.15) is 4.31 Å². The fourth-order valence-electron chi connectivity index (χ4n) is 3.23. The summed E-state index contributed by atoms with van der Waals surface area (Å²) in [6, 6.07) is 12.3. The van der Waals surface area contributed by atoms with E-state index in [9.17, 15) is 13.5 Å². The predicted octanol–water partition coefficient (Wildman–Crippen LogP) is 2.87. The molecule has 2 aromatic carbocycles. The van der Waals surface area contributed by atoms with Crippen LogP contribution in [0.5, 0.6) is 11.5 Å². The third kappa shape index (κ3) is 4.80. The number of hydrogen-bond acceptors (Lipinski definition) is 5. The van der Waals surface area contributed by atoms with Crippen molar-refractivity contribution in [2.75, 3.05) is 20.2 Å². The zero-order valence-electron chi connectivity index (χ0n) is 15.5. The summed E-state index contributed by atoms with van der Waals surface area (Å²) in [6.07, 6.45) is 2.97. The van der Waals surface area contributed by atoms with Crippen LogP contribution in [0.2, 0.25) is 0 Å². The number of phenolic OH excluding ortho intramolecular Hbond substituents is 1. The Balaban J connectivity index is 1.57. The maximum absolute atomic E-state index is 12.7. The van der Waals surface area contributed by atoms with Crippen molar-refractivity contribution in [1.29, 1.82) is 0 Å². The molecule has 0 amide bonds. The van der Waals surface area contributed by atoms with E-state index in [1.165, 1.54) is 7.11 Å². The number of methoxy groups -OCH3 is 1. The lowest BCUT2D eigenvalue weighted by Crippen LogP contribution is -2.35. The average molecular weight is 391 g/mol. The molecule has 0 bridgehead atoms. The van der Waals surface area contributed by atoms with E-state index >= 15 is 0 Å². The average Bonchev–Trinajstić information content (AvgIpc) is 2.69. The molecule has 1 fully saturated rings. The predicted molar refractivity (Wildman–Crippen MR) is 104 cm³/mol. The van der Waals surface area contributed by atoms with E-state index in [2.05, 4.69) is 5.32 Å². The van der Waals surface area contributed by atoms with Gasteiger partial charge >= 0.3 is 0 Å². The van der Waals surface area contributed by atoms with Crippen LogP contribution < -0.4 is 10.1 Å². The van der Waals surface area contributed by atoms with Crippen molar-refractivity contribution >= 4 is 10.0 Å². The van der Waals surface area contributed by atoms with E-state index in [4.69, 9.17) is 4.74 Å². The molecule has 1 heterocycles. The van der Waals surface area contributed by atoms with E-state index in [0.717, 1.165) is 30.4 Å². The molecule has 0 saturated carbocycles. The Hall–Kier alpha value is -2.09. The van der Waals surface area contributed by atoms with Gasteiger partial charge in [-0.15, -0.1) is 0 Å². The molecule has 0 spiro atoms. The number of nitrogens with zero attached hydrogens (tertiary/aromatic N) is 1. The van der Waals surface area contributed by atoms with Gasteiger partial charge in [0.05, 0.1) is 12.0 Å². The number of benzene rings is 2. The Morgan fingerprint density at radius 1 is 1.00 bits per heavy atom. The highest BCUT2D eigenvalue weighted by atomic mass is 32.2. The van der Waals surface area contributed by atoms with Crippen molar-refractivity contribution in [2.45, 2.75) is 37.2 Å². The fourth-order valence-corrected chi connectivity index (χ4v) is 4.75. The normalized spacial score (nSPS) is 15.6. The molecular formula is C20H26N2O4S. The first-order valence-corrected chi connectivity index (χ1v) is 10.6. The van der Waals surface area contributed by atoms with Crippen LogP contribution in [0.1, 0.15) is 30.4 Å². The minimum atomic E-state index is -3.38. The second kappa shape index (κ2) is 8.73. The molecule has 146 valence electrons. The molecule has 27 heavy (non-hydrogen) atoms. The van der Waals surface area contributed by atoms with Crippen LogP contribution >= 0.6 is 0 Å². The first-order chi connectivity index (χ1) is 13.0. The molecule has 0 radical (unpaired) electrons. The Morgan fingerprint density at radius 3 is 2.26 bits per heavy atom. The van der Waals surface area contributed by atoms with Crippen LogP contribution in [0.25, 0.3) is 0 Å². The summed E-state index contributed by atoms with van der Waals surface area (Å²) in [6.45, 7) is 2.42. The molecule has 1 aliphatic heterocycles. The lowest BCUT2D eigenvalue weighted by Gasteiger charge is -2.25. The van der Waals surface area contributed by atoms with Gasteiger partial charge in [0.1, 0.15) is 0 Å². The van der Waals surface area contributed by atoms with Crippen LogP contribution in [-0.4, -0.2) is 38.0 Å². The molecule has 7 heteroatoms. The molecule has 2 N–H and O–H groups in total. The quantitative estimate of drug-likeness (QED) is 0.760. The fraction of sp³-hybridized carbons (Fsp3) is 0.400. The van der Waals surface area contributed by atoms with Gasteiger partial charge in [0.15, 0.2) is 11.5 Å². The van der Waals surface area contributed by atoms with Crippen molar-refractivity contribution in [3.05, 3.63) is 53.6 Å². The van der Waals surface area contributed by atoms with Gasteiger partial charge in [-0.1, -0.05) is 24.6 Å². The zero-order chi connectivity index (χ0) is 19.3. The van der Waals surface area contributed by atoms with Crippen LogP contribution in [-0.2, 0) is 23.1 Å². The number of sulfonamides is 1. The monoisotopic (exact) mass is 390 g/mol. The minimum Gasteiger partial charge on any atom is -0.504 e. The van der Waals surface area contributed by atoms with Gasteiger partial charge in [-0.25, -0.2) is 8.42 Å². The molecular weight excluding hydrogens is 364 g/mol. The van der Waals surface area contributed by atoms with Crippen LogP contribution in [0, 0.1) is 0 Å². The lowest BCUT2D eigenvalue weighted by atomic mass is 10.2. The molecule has 0 aliphatic carbocycles. The first-order valence-electron chi connectivity index (χ1n) is 9.16. The third-order valence-corrected chi connectivity index (χ3v) is 6.69. The van der Waals surface area contributed by atoms with Gasteiger partial charge in [0, 0.05) is 26.2 Å². The van der Waals surface area contributed by atoms with Gasteiger partial charge in [-0.3, -0.25) is 0 Å². The molecule has 2 aromatic rings. The maximum atomic E-state index is 12.7. The SMILES string of the molecule is COc1ccc(CNCc2ccc(S(=O)(=O)N3CCCCC3)cc2)cc1O. The zero-order valence-corrected chi connectivity index (χ0v) is 16.3. The number of phenols is 1. The molecule has 1 aliphatic rings. The summed E-state index contributed by atoms with van der Waals surface area (Å²) in [7, 11) is -1.86. The van der Waals surface area contributed by atoms with E-state index in [-0.39, 0.29) is 5.75 Å². The number of aromatic hydroxyl groups is 1. The van der Waals surface area contributed by atoms with Gasteiger partial charge in [0.2, 0.25) is 10.0 Å². The number of hydrogen-bond donors (Lipinski definition) is 2. The standard InChI is InChI=1S/C20H26N2O4S/c1-26-20-10-7-17(13-19(20)23)15-21-14-16-5-8-18(9-6-16)27(24,25)22-11-3-2-4-12-22/h5-10,13,21,23H,2-4,11-12,14-15H2,1H3. The summed E-state index contributed by atoms with van der Waals surface area (Å²) in [5.74, 6) is 0.563. The van der Waals surface area contributed by atoms with E-state index in [0.29, 0.717) is 36.8 Å². The third-order valence-electron chi connectivity index (χ3n) is 4.78. The summed E-state index contributed by atoms with van der Waals surface area (Å²) in [4.78, 5) is 0.355. The second-order valence-electron chi connectivity index (χ2n) is 6.72. The molecule has 3 rings (SSSR count). The van der Waals surface area contributed by atoms with Crippen molar-refractivity contribution in [2.24, 2.45) is 0 Å². The minimum absolute atomic E-state index is 0.115. The molecule has 0 aromatic heterocycles. The first kappa shape index (κ1) is 19.7. The summed E-state index contributed by atoms with van der Waals surface area (Å²) < 4.78 is 31.9. The highest BCUT2D eigenvalue weighted by Gasteiger charge is 2.25. The maximum Gasteiger partial charge on any atom is 0.243 e. The van der Waals surface area contributed by atoms with Crippen molar-refractivity contribution < 1.29 is 18.3 Å². The highest BCUT2D eigenvalue weighted by Crippen LogP contribution is 2.26. The largest absolute Gasteiger partial charge is 0.504 e. The van der Waals surface area contributed by atoms with Crippen molar-refractivity contribution in [3.8, 4) is 11.5 Å². The van der Waals surface area contributed by atoms with Crippen molar-refractivity contribution in [1.82, 2.24) is 9.62 Å². The second-order valence-corrected chi connectivity index (χ2v) is 8.66. The lowest BCUT2D eigenvalue weighted by molar-refractivity contribution is 0.346. The molecule has 6 nitrogen and oxygen atoms in total. The van der Waals surface area contributed by atoms with Crippen LogP contribution in [0.4, 0.5) is 0 Å². The van der Waals surface area contributed by atoms with Crippen LogP contribution in [0.15, 0.2) is 47.4 Å². The number of nitrogens with one attached hydrogen (secondary N) is 1. The molecule has 0 unspecified atom stereocenters. The van der Waals surface area contributed by atoms with E-state index in [1.807, 2.05) is 18.2 Å². The Kier molecular flexibility index (Phi) is 6.36. The van der Waals surface area contributed by atoms with E-state index in [1.54, 1.807) is 28.6 Å².